The van der Waals surface area contributed by atoms with E-state index >= 15 is 0 Å². The summed E-state index contributed by atoms with van der Waals surface area (Å²) in [4.78, 5) is 0. The second kappa shape index (κ2) is 5.13. The lowest BCUT2D eigenvalue weighted by Crippen LogP contribution is -1.99. The first-order valence-electron chi connectivity index (χ1n) is 4.50. The van der Waals surface area contributed by atoms with Crippen molar-refractivity contribution in [1.82, 2.24) is 0 Å². The Kier molecular flexibility index (Phi) is 4.35. The van der Waals surface area contributed by atoms with Crippen molar-refractivity contribution in [3.8, 4) is 0 Å². The second-order valence-corrected chi connectivity index (χ2v) is 6.15. The van der Waals surface area contributed by atoms with Crippen LogP contribution in [-0.4, -0.2) is 14.2 Å². The largest absolute Gasteiger partial charge is 0.337 e. The van der Waals surface area contributed by atoms with Gasteiger partial charge in [0.1, 0.15) is 0 Å². The van der Waals surface area contributed by atoms with Gasteiger partial charge in [-0.2, -0.15) is 0 Å². The van der Waals surface area contributed by atoms with Gasteiger partial charge < -0.3 is 9.05 Å². The van der Waals surface area contributed by atoms with Crippen LogP contribution in [0, 0.1) is 0 Å². The number of hydrogen-bond acceptors (Lipinski definition) is 3. The van der Waals surface area contributed by atoms with E-state index in [4.69, 9.17) is 20.6 Å². The van der Waals surface area contributed by atoms with E-state index in [2.05, 4.69) is 0 Å². The van der Waals surface area contributed by atoms with Crippen LogP contribution in [0.1, 0.15) is 18.1 Å². The molecule has 0 saturated carbocycles. The van der Waals surface area contributed by atoms with E-state index in [0.717, 1.165) is 5.56 Å². The Hall–Kier alpha value is -0.340. The van der Waals surface area contributed by atoms with Crippen LogP contribution in [0.5, 0.6) is 0 Å². The van der Waals surface area contributed by atoms with Gasteiger partial charge in [-0.05, 0) is 24.6 Å². The summed E-state index contributed by atoms with van der Waals surface area (Å²) in [5, 5.41) is 0.649. The van der Waals surface area contributed by atoms with Crippen molar-refractivity contribution in [2.45, 2.75) is 12.6 Å². The average molecular weight is 249 g/mol. The average Bonchev–Trinajstić information content (AvgIpc) is 2.28. The Balaban J connectivity index is 2.98. The minimum Gasteiger partial charge on any atom is -0.312 e. The van der Waals surface area contributed by atoms with Gasteiger partial charge in [-0.1, -0.05) is 23.7 Å². The Morgan fingerprint density at radius 1 is 1.20 bits per heavy atom. The molecule has 84 valence electrons. The standard InChI is InChI=1S/C10H14ClO3P/c1-8(15(12,13-2)14-3)9-4-6-10(11)7-5-9/h4-8H,1-3H3. The highest BCUT2D eigenvalue weighted by Gasteiger charge is 2.31. The Morgan fingerprint density at radius 2 is 1.67 bits per heavy atom. The predicted octanol–water partition coefficient (Wildman–Crippen LogP) is 3.89. The maximum atomic E-state index is 12.1. The van der Waals surface area contributed by atoms with E-state index in [1.807, 2.05) is 12.1 Å². The van der Waals surface area contributed by atoms with Crippen molar-refractivity contribution in [1.29, 1.82) is 0 Å². The van der Waals surface area contributed by atoms with Crippen molar-refractivity contribution in [3.05, 3.63) is 34.9 Å². The number of rotatable bonds is 4. The summed E-state index contributed by atoms with van der Waals surface area (Å²) in [6.07, 6.45) is 0. The fourth-order valence-corrected chi connectivity index (χ4v) is 2.76. The molecule has 0 radical (unpaired) electrons. The summed E-state index contributed by atoms with van der Waals surface area (Å²) in [5.41, 5.74) is 0.580. The van der Waals surface area contributed by atoms with Gasteiger partial charge in [-0.15, -0.1) is 0 Å². The first-order valence-corrected chi connectivity index (χ1v) is 6.49. The molecule has 0 fully saturated rings. The predicted molar refractivity (Wildman–Crippen MR) is 61.5 cm³/mol. The van der Waals surface area contributed by atoms with Crippen molar-refractivity contribution < 1.29 is 13.6 Å². The molecule has 0 saturated heterocycles. The molecule has 0 spiro atoms. The lowest BCUT2D eigenvalue weighted by Gasteiger charge is -2.21. The number of benzene rings is 1. The maximum Gasteiger partial charge on any atom is 0.337 e. The zero-order valence-electron chi connectivity index (χ0n) is 8.94. The SMILES string of the molecule is COP(=O)(OC)C(C)c1ccc(Cl)cc1. The minimum atomic E-state index is -3.05. The van der Waals surface area contributed by atoms with Crippen LogP contribution in [0.25, 0.3) is 0 Å². The summed E-state index contributed by atoms with van der Waals surface area (Å²) in [6, 6.07) is 7.14. The van der Waals surface area contributed by atoms with Crippen molar-refractivity contribution in [2.24, 2.45) is 0 Å². The highest BCUT2D eigenvalue weighted by Crippen LogP contribution is 2.59. The molecule has 0 aliphatic carbocycles. The summed E-state index contributed by atoms with van der Waals surface area (Å²) in [6.45, 7) is 1.80. The normalized spacial score (nSPS) is 13.9. The van der Waals surface area contributed by atoms with Gasteiger partial charge in [-0.3, -0.25) is 4.57 Å². The molecule has 0 N–H and O–H groups in total. The minimum absolute atomic E-state index is 0.301. The summed E-state index contributed by atoms with van der Waals surface area (Å²) in [5.74, 6) is 0. The molecule has 0 aliphatic heterocycles. The second-order valence-electron chi connectivity index (χ2n) is 3.13. The topological polar surface area (TPSA) is 35.5 Å². The quantitative estimate of drug-likeness (QED) is 0.759. The zero-order valence-corrected chi connectivity index (χ0v) is 10.6. The number of hydrogen-bond donors (Lipinski definition) is 0. The van der Waals surface area contributed by atoms with Gasteiger partial charge in [0, 0.05) is 19.2 Å². The fourth-order valence-electron chi connectivity index (χ4n) is 1.31. The molecule has 15 heavy (non-hydrogen) atoms. The van der Waals surface area contributed by atoms with Crippen LogP contribution in [0.4, 0.5) is 0 Å². The van der Waals surface area contributed by atoms with Crippen LogP contribution in [0.2, 0.25) is 5.02 Å². The smallest absolute Gasteiger partial charge is 0.312 e. The van der Waals surface area contributed by atoms with Gasteiger partial charge in [0.2, 0.25) is 0 Å². The zero-order chi connectivity index (χ0) is 11.5. The lowest BCUT2D eigenvalue weighted by atomic mass is 10.2. The van der Waals surface area contributed by atoms with Gasteiger partial charge in [0.15, 0.2) is 0 Å². The van der Waals surface area contributed by atoms with Crippen LogP contribution >= 0.6 is 19.2 Å². The van der Waals surface area contributed by atoms with Crippen LogP contribution in [0.15, 0.2) is 24.3 Å². The van der Waals surface area contributed by atoms with Gasteiger partial charge in [0.25, 0.3) is 0 Å². The molecule has 0 amide bonds. The Bertz CT molecular complexity index is 355. The molecule has 1 aromatic carbocycles. The third-order valence-electron chi connectivity index (χ3n) is 2.34. The highest BCUT2D eigenvalue weighted by atomic mass is 35.5. The van der Waals surface area contributed by atoms with E-state index in [1.165, 1.54) is 14.2 Å². The Labute approximate surface area is 94.9 Å². The van der Waals surface area contributed by atoms with Crippen molar-refractivity contribution >= 4 is 19.2 Å². The molecule has 3 nitrogen and oxygen atoms in total. The molecule has 1 unspecified atom stereocenters. The molecule has 0 heterocycles. The summed E-state index contributed by atoms with van der Waals surface area (Å²) >= 11 is 5.77. The van der Waals surface area contributed by atoms with Gasteiger partial charge in [-0.25, -0.2) is 0 Å². The lowest BCUT2D eigenvalue weighted by molar-refractivity contribution is 0.267. The van der Waals surface area contributed by atoms with Crippen molar-refractivity contribution in [3.63, 3.8) is 0 Å². The van der Waals surface area contributed by atoms with Crippen LogP contribution in [0.3, 0.4) is 0 Å². The molecule has 0 bridgehead atoms. The van der Waals surface area contributed by atoms with Crippen LogP contribution < -0.4 is 0 Å². The van der Waals surface area contributed by atoms with E-state index in [0.29, 0.717) is 5.02 Å². The summed E-state index contributed by atoms with van der Waals surface area (Å²) < 4.78 is 21.9. The van der Waals surface area contributed by atoms with E-state index in [1.54, 1.807) is 19.1 Å². The first-order chi connectivity index (χ1) is 7.03. The molecular weight excluding hydrogens is 235 g/mol. The maximum absolute atomic E-state index is 12.1. The van der Waals surface area contributed by atoms with Crippen LogP contribution in [-0.2, 0) is 13.6 Å². The van der Waals surface area contributed by atoms with E-state index < -0.39 is 7.60 Å². The van der Waals surface area contributed by atoms with Crippen molar-refractivity contribution in [2.75, 3.05) is 14.2 Å². The number of halogens is 1. The molecule has 1 rings (SSSR count). The molecule has 1 atom stereocenters. The fraction of sp³-hybridized carbons (Fsp3) is 0.400. The van der Waals surface area contributed by atoms with Gasteiger partial charge >= 0.3 is 7.60 Å². The third-order valence-corrected chi connectivity index (χ3v) is 4.85. The molecule has 0 aromatic heterocycles. The molecular formula is C10H14ClO3P. The molecule has 0 aliphatic rings. The summed E-state index contributed by atoms with van der Waals surface area (Å²) in [7, 11) is -0.281. The van der Waals surface area contributed by atoms with E-state index in [-0.39, 0.29) is 5.66 Å². The van der Waals surface area contributed by atoms with Gasteiger partial charge in [0.05, 0.1) is 5.66 Å². The highest BCUT2D eigenvalue weighted by molar-refractivity contribution is 7.54. The van der Waals surface area contributed by atoms with E-state index in [9.17, 15) is 4.57 Å². The monoisotopic (exact) mass is 248 g/mol. The Morgan fingerprint density at radius 3 is 2.07 bits per heavy atom. The molecule has 1 aromatic rings. The molecule has 5 heteroatoms. The third kappa shape index (κ3) is 2.82. The first kappa shape index (κ1) is 12.7.